The van der Waals surface area contributed by atoms with E-state index in [9.17, 15) is 0 Å². The van der Waals surface area contributed by atoms with Gasteiger partial charge in [-0.3, -0.25) is 4.40 Å². The maximum absolute atomic E-state index is 4.53. The van der Waals surface area contributed by atoms with Gasteiger partial charge in [-0.25, -0.2) is 4.98 Å². The summed E-state index contributed by atoms with van der Waals surface area (Å²) in [5.74, 6) is 0.928. The molecule has 0 radical (unpaired) electrons. The molecule has 0 spiro atoms. The van der Waals surface area contributed by atoms with Crippen LogP contribution in [0.5, 0.6) is 0 Å². The number of aryl methyl sites for hydroxylation is 5. The van der Waals surface area contributed by atoms with Crippen LogP contribution in [0.2, 0.25) is 0 Å². The van der Waals surface area contributed by atoms with E-state index in [-0.39, 0.29) is 0 Å². The fourth-order valence-corrected chi connectivity index (χ4v) is 4.55. The predicted octanol–water partition coefficient (Wildman–Crippen LogP) is 4.52. The monoisotopic (exact) mass is 326 g/mol. The average molecular weight is 326 g/mol. The molecule has 0 fully saturated rings. The molecule has 5 heteroatoms. The predicted molar refractivity (Wildman–Crippen MR) is 95.2 cm³/mol. The second-order valence-electron chi connectivity index (χ2n) is 6.19. The number of aromatic nitrogens is 4. The van der Waals surface area contributed by atoms with E-state index in [0.717, 1.165) is 22.3 Å². The Bertz CT molecular complexity index is 859. The van der Waals surface area contributed by atoms with Crippen molar-refractivity contribution in [3.63, 3.8) is 0 Å². The van der Waals surface area contributed by atoms with Gasteiger partial charge in [0.2, 0.25) is 0 Å². The lowest BCUT2D eigenvalue weighted by Crippen LogP contribution is -2.01. The Balaban J connectivity index is 2.00. The summed E-state index contributed by atoms with van der Waals surface area (Å²) >= 11 is 1.74. The van der Waals surface area contributed by atoms with Crippen LogP contribution in [0.15, 0.2) is 23.4 Å². The van der Waals surface area contributed by atoms with Crippen LogP contribution in [0, 0.1) is 34.6 Å². The average Bonchev–Trinajstić information content (AvgIpc) is 2.80. The van der Waals surface area contributed by atoms with Crippen molar-refractivity contribution in [2.45, 2.75) is 51.9 Å². The van der Waals surface area contributed by atoms with Gasteiger partial charge < -0.3 is 0 Å². The zero-order valence-corrected chi connectivity index (χ0v) is 15.3. The minimum absolute atomic E-state index is 0.309. The van der Waals surface area contributed by atoms with Crippen LogP contribution in [0.3, 0.4) is 0 Å². The fraction of sp³-hybridized carbons (Fsp3) is 0.389. The van der Waals surface area contributed by atoms with Gasteiger partial charge in [-0.1, -0.05) is 29.5 Å². The summed E-state index contributed by atoms with van der Waals surface area (Å²) in [7, 11) is 0. The van der Waals surface area contributed by atoms with Crippen LogP contribution < -0.4 is 0 Å². The van der Waals surface area contributed by atoms with Gasteiger partial charge in [-0.2, -0.15) is 0 Å². The Morgan fingerprint density at radius 1 is 0.957 bits per heavy atom. The minimum Gasteiger partial charge on any atom is -0.258 e. The molecule has 0 aliphatic rings. The van der Waals surface area contributed by atoms with Gasteiger partial charge in [-0.15, -0.1) is 10.2 Å². The highest BCUT2D eigenvalue weighted by Gasteiger charge is 2.18. The Hall–Kier alpha value is -1.88. The molecule has 3 rings (SSSR count). The molecule has 0 aliphatic heterocycles. The van der Waals surface area contributed by atoms with E-state index < -0.39 is 0 Å². The number of nitrogens with zero attached hydrogens (tertiary/aromatic N) is 4. The zero-order chi connectivity index (χ0) is 16.7. The summed E-state index contributed by atoms with van der Waals surface area (Å²) in [4.78, 5) is 4.53. The van der Waals surface area contributed by atoms with Crippen LogP contribution >= 0.6 is 11.8 Å². The van der Waals surface area contributed by atoms with E-state index in [2.05, 4.69) is 55.0 Å². The second kappa shape index (κ2) is 5.96. The summed E-state index contributed by atoms with van der Waals surface area (Å²) in [6, 6.07) is 6.46. The van der Waals surface area contributed by atoms with E-state index in [0.29, 0.717) is 5.25 Å². The highest BCUT2D eigenvalue weighted by Crippen LogP contribution is 2.37. The van der Waals surface area contributed by atoms with Crippen molar-refractivity contribution in [3.8, 4) is 0 Å². The molecule has 0 saturated carbocycles. The zero-order valence-electron chi connectivity index (χ0n) is 14.5. The number of hydrogen-bond donors (Lipinski definition) is 0. The van der Waals surface area contributed by atoms with Gasteiger partial charge in [0.25, 0.3) is 0 Å². The van der Waals surface area contributed by atoms with E-state index in [1.165, 1.54) is 22.3 Å². The first kappa shape index (κ1) is 16.0. The van der Waals surface area contributed by atoms with E-state index in [4.69, 9.17) is 0 Å². The Kier molecular flexibility index (Phi) is 4.15. The van der Waals surface area contributed by atoms with Gasteiger partial charge >= 0.3 is 0 Å². The first-order chi connectivity index (χ1) is 10.9. The number of thioether (sulfide) groups is 1. The lowest BCUT2D eigenvalue weighted by Gasteiger charge is -2.17. The molecule has 0 amide bonds. The third kappa shape index (κ3) is 2.98. The van der Waals surface area contributed by atoms with E-state index >= 15 is 0 Å². The van der Waals surface area contributed by atoms with Crippen LogP contribution in [-0.2, 0) is 0 Å². The third-order valence-corrected chi connectivity index (χ3v) is 5.15. The molecule has 4 nitrogen and oxygen atoms in total. The molecular formula is C18H22N4S. The molecule has 1 atom stereocenters. The Morgan fingerprint density at radius 3 is 2.26 bits per heavy atom. The number of hydrogen-bond acceptors (Lipinski definition) is 4. The third-order valence-electron chi connectivity index (χ3n) is 4.08. The van der Waals surface area contributed by atoms with E-state index in [1.807, 2.05) is 24.3 Å². The molecule has 1 aromatic carbocycles. The molecular weight excluding hydrogens is 304 g/mol. The lowest BCUT2D eigenvalue weighted by atomic mass is 9.98. The van der Waals surface area contributed by atoms with Crippen molar-refractivity contribution >= 4 is 17.4 Å². The van der Waals surface area contributed by atoms with Crippen molar-refractivity contribution in [2.24, 2.45) is 0 Å². The second-order valence-corrected chi connectivity index (χ2v) is 7.50. The topological polar surface area (TPSA) is 43.1 Å². The largest absolute Gasteiger partial charge is 0.258 e. The number of fused-ring (bicyclic) bond motifs is 1. The normalized spacial score (nSPS) is 12.8. The maximum atomic E-state index is 4.53. The van der Waals surface area contributed by atoms with Gasteiger partial charge in [0.15, 0.2) is 10.8 Å². The molecule has 2 aromatic heterocycles. The molecule has 0 aliphatic carbocycles. The molecule has 3 aromatic rings. The van der Waals surface area contributed by atoms with Crippen LogP contribution in [0.25, 0.3) is 5.65 Å². The first-order valence-corrected chi connectivity index (χ1v) is 8.68. The SMILES string of the molecule is Cc1cc(C)c(C(C)Sc2nnc3cc(C)nc(C)n23)c(C)c1. The van der Waals surface area contributed by atoms with Gasteiger partial charge in [-0.05, 0) is 58.2 Å². The number of benzene rings is 1. The maximum Gasteiger partial charge on any atom is 0.197 e. The minimum atomic E-state index is 0.309. The van der Waals surface area contributed by atoms with Crippen molar-refractivity contribution in [3.05, 3.63) is 52.0 Å². The molecule has 1 unspecified atom stereocenters. The quantitative estimate of drug-likeness (QED) is 0.664. The standard InChI is InChI=1S/C18H22N4S/c1-10-7-11(2)17(12(3)8-10)14(5)23-18-21-20-16-9-13(4)19-15(6)22(16)18/h7-9,14H,1-6H3. The molecule has 0 N–H and O–H groups in total. The lowest BCUT2D eigenvalue weighted by molar-refractivity contribution is 0.848. The van der Waals surface area contributed by atoms with Gasteiger partial charge in [0, 0.05) is 17.0 Å². The number of rotatable bonds is 3. The summed E-state index contributed by atoms with van der Waals surface area (Å²) in [6.07, 6.45) is 0. The van der Waals surface area contributed by atoms with Crippen molar-refractivity contribution < 1.29 is 0 Å². The summed E-state index contributed by atoms with van der Waals surface area (Å²) < 4.78 is 2.03. The summed E-state index contributed by atoms with van der Waals surface area (Å²) in [6.45, 7) is 12.7. The van der Waals surface area contributed by atoms with Crippen molar-refractivity contribution in [1.82, 2.24) is 19.6 Å². The molecule has 2 heterocycles. The van der Waals surface area contributed by atoms with Gasteiger partial charge in [0.1, 0.15) is 5.82 Å². The van der Waals surface area contributed by atoms with Gasteiger partial charge in [0.05, 0.1) is 0 Å². The van der Waals surface area contributed by atoms with Crippen molar-refractivity contribution in [2.75, 3.05) is 0 Å². The fourth-order valence-electron chi connectivity index (χ4n) is 3.33. The molecule has 0 saturated heterocycles. The van der Waals surface area contributed by atoms with Crippen LogP contribution in [0.4, 0.5) is 0 Å². The van der Waals surface area contributed by atoms with Crippen molar-refractivity contribution in [1.29, 1.82) is 0 Å². The summed E-state index contributed by atoms with van der Waals surface area (Å²) in [5, 5.41) is 9.88. The Morgan fingerprint density at radius 2 is 1.61 bits per heavy atom. The first-order valence-electron chi connectivity index (χ1n) is 7.80. The molecule has 120 valence electrons. The highest BCUT2D eigenvalue weighted by atomic mass is 32.2. The smallest absolute Gasteiger partial charge is 0.197 e. The summed E-state index contributed by atoms with van der Waals surface area (Å²) in [5.41, 5.74) is 7.20. The Labute approximate surface area is 141 Å². The van der Waals surface area contributed by atoms with Crippen LogP contribution in [-0.4, -0.2) is 19.6 Å². The van der Waals surface area contributed by atoms with Crippen LogP contribution in [0.1, 0.15) is 45.9 Å². The van der Waals surface area contributed by atoms with E-state index in [1.54, 1.807) is 11.8 Å². The molecule has 23 heavy (non-hydrogen) atoms. The molecule has 0 bridgehead atoms. The highest BCUT2D eigenvalue weighted by molar-refractivity contribution is 7.99.